The van der Waals surface area contributed by atoms with Crippen molar-refractivity contribution >= 4 is 5.91 Å². The first-order chi connectivity index (χ1) is 7.13. The van der Waals surface area contributed by atoms with E-state index in [1.54, 1.807) is 12.1 Å². The van der Waals surface area contributed by atoms with Crippen LogP contribution in [0.2, 0.25) is 0 Å². The lowest BCUT2D eigenvalue weighted by Crippen LogP contribution is -2.28. The van der Waals surface area contributed by atoms with Gasteiger partial charge in [0.2, 0.25) is 0 Å². The van der Waals surface area contributed by atoms with Crippen LogP contribution in [0.15, 0.2) is 16.5 Å². The first-order valence-corrected chi connectivity index (χ1v) is 5.20. The molecule has 3 N–H and O–H groups in total. The molecule has 0 aliphatic heterocycles. The normalized spacial score (nSPS) is 17.5. The van der Waals surface area contributed by atoms with Crippen molar-refractivity contribution < 1.29 is 9.21 Å². The van der Waals surface area contributed by atoms with E-state index in [1.165, 1.54) is 12.8 Å². The smallest absolute Gasteiger partial charge is 0.287 e. The van der Waals surface area contributed by atoms with Crippen LogP contribution in [-0.4, -0.2) is 12.5 Å². The molecule has 1 amide bonds. The number of carbonyl (C=O) groups excluding carboxylic acids is 1. The van der Waals surface area contributed by atoms with Crippen LogP contribution in [-0.2, 0) is 6.54 Å². The number of nitrogens with one attached hydrogen (secondary N) is 1. The molecule has 4 nitrogen and oxygen atoms in total. The van der Waals surface area contributed by atoms with Gasteiger partial charge < -0.3 is 15.5 Å². The van der Waals surface area contributed by atoms with Gasteiger partial charge in [-0.3, -0.25) is 4.79 Å². The molecule has 1 aromatic heterocycles. The predicted octanol–water partition coefficient (Wildman–Crippen LogP) is 1.27. The summed E-state index contributed by atoms with van der Waals surface area (Å²) in [6, 6.07) is 3.39. The summed E-state index contributed by atoms with van der Waals surface area (Å²) in [7, 11) is 0. The second kappa shape index (κ2) is 3.70. The molecule has 15 heavy (non-hydrogen) atoms. The Kier molecular flexibility index (Phi) is 2.52. The summed E-state index contributed by atoms with van der Waals surface area (Å²) < 4.78 is 5.24. The van der Waals surface area contributed by atoms with Gasteiger partial charge in [0.25, 0.3) is 5.91 Å². The Morgan fingerprint density at radius 1 is 1.60 bits per heavy atom. The van der Waals surface area contributed by atoms with Crippen molar-refractivity contribution in [1.82, 2.24) is 5.32 Å². The van der Waals surface area contributed by atoms with Crippen LogP contribution < -0.4 is 11.1 Å². The van der Waals surface area contributed by atoms with Gasteiger partial charge in [-0.05, 0) is 30.4 Å². The molecule has 1 fully saturated rings. The topological polar surface area (TPSA) is 68.3 Å². The van der Waals surface area contributed by atoms with E-state index in [1.807, 2.05) is 0 Å². The summed E-state index contributed by atoms with van der Waals surface area (Å²) in [5, 5.41) is 2.87. The maximum atomic E-state index is 11.6. The van der Waals surface area contributed by atoms with E-state index in [0.29, 0.717) is 23.5 Å². The molecular formula is C11H16N2O2. The maximum absolute atomic E-state index is 11.6. The molecule has 1 aliphatic rings. The molecule has 4 heteroatoms. The molecule has 82 valence electrons. The molecule has 1 saturated carbocycles. The van der Waals surface area contributed by atoms with Crippen molar-refractivity contribution in [2.75, 3.05) is 6.54 Å². The van der Waals surface area contributed by atoms with Gasteiger partial charge in [-0.2, -0.15) is 0 Å². The van der Waals surface area contributed by atoms with Crippen molar-refractivity contribution in [2.45, 2.75) is 26.3 Å². The molecule has 2 rings (SSSR count). The maximum Gasteiger partial charge on any atom is 0.287 e. The van der Waals surface area contributed by atoms with Gasteiger partial charge in [0.15, 0.2) is 5.76 Å². The highest BCUT2D eigenvalue weighted by atomic mass is 16.4. The summed E-state index contributed by atoms with van der Waals surface area (Å²) in [4.78, 5) is 11.6. The molecule has 0 saturated heterocycles. The Morgan fingerprint density at radius 2 is 2.33 bits per heavy atom. The van der Waals surface area contributed by atoms with Crippen molar-refractivity contribution in [3.05, 3.63) is 23.7 Å². The second-order valence-corrected chi connectivity index (χ2v) is 4.46. The lowest BCUT2D eigenvalue weighted by atomic mass is 10.1. The minimum Gasteiger partial charge on any atom is -0.455 e. The Bertz CT molecular complexity index is 366. The van der Waals surface area contributed by atoms with E-state index in [-0.39, 0.29) is 5.91 Å². The van der Waals surface area contributed by atoms with Gasteiger partial charge in [0, 0.05) is 6.54 Å². The van der Waals surface area contributed by atoms with Gasteiger partial charge in [-0.1, -0.05) is 6.92 Å². The fraction of sp³-hybridized carbons (Fsp3) is 0.545. The minimum absolute atomic E-state index is 0.150. The molecule has 0 aromatic carbocycles. The monoisotopic (exact) mass is 208 g/mol. The summed E-state index contributed by atoms with van der Waals surface area (Å²) in [6.45, 7) is 3.22. The number of carbonyl (C=O) groups is 1. The summed E-state index contributed by atoms with van der Waals surface area (Å²) in [6.07, 6.45) is 2.39. The zero-order chi connectivity index (χ0) is 10.9. The quantitative estimate of drug-likeness (QED) is 0.782. The van der Waals surface area contributed by atoms with E-state index in [2.05, 4.69) is 12.2 Å². The SMILES string of the molecule is CC1(CNC(=O)c2ccc(CN)o2)CC1. The van der Waals surface area contributed by atoms with Crippen molar-refractivity contribution in [2.24, 2.45) is 11.1 Å². The molecule has 0 unspecified atom stereocenters. The predicted molar refractivity (Wildman–Crippen MR) is 56.3 cm³/mol. The average molecular weight is 208 g/mol. The number of amides is 1. The van der Waals surface area contributed by atoms with Gasteiger partial charge in [0.1, 0.15) is 5.76 Å². The molecular weight excluding hydrogens is 192 g/mol. The van der Waals surface area contributed by atoms with E-state index in [0.717, 1.165) is 6.54 Å². The summed E-state index contributed by atoms with van der Waals surface area (Å²) >= 11 is 0. The third-order valence-corrected chi connectivity index (χ3v) is 2.87. The summed E-state index contributed by atoms with van der Waals surface area (Å²) in [5.74, 6) is 0.834. The van der Waals surface area contributed by atoms with Gasteiger partial charge in [-0.25, -0.2) is 0 Å². The number of rotatable bonds is 4. The molecule has 0 atom stereocenters. The van der Waals surface area contributed by atoms with Crippen LogP contribution in [0, 0.1) is 5.41 Å². The van der Waals surface area contributed by atoms with E-state index < -0.39 is 0 Å². The first-order valence-electron chi connectivity index (χ1n) is 5.20. The Hall–Kier alpha value is -1.29. The fourth-order valence-electron chi connectivity index (χ4n) is 1.38. The number of nitrogens with two attached hydrogens (primary N) is 1. The van der Waals surface area contributed by atoms with Crippen molar-refractivity contribution in [3.63, 3.8) is 0 Å². The molecule has 1 aliphatic carbocycles. The Morgan fingerprint density at radius 3 is 2.87 bits per heavy atom. The van der Waals surface area contributed by atoms with E-state index >= 15 is 0 Å². The molecule has 1 heterocycles. The zero-order valence-electron chi connectivity index (χ0n) is 8.88. The summed E-state index contributed by atoms with van der Waals surface area (Å²) in [5.41, 5.74) is 5.71. The highest BCUT2D eigenvalue weighted by molar-refractivity contribution is 5.91. The third kappa shape index (κ3) is 2.39. The Balaban J connectivity index is 1.89. The van der Waals surface area contributed by atoms with E-state index in [9.17, 15) is 4.79 Å². The Labute approximate surface area is 88.8 Å². The minimum atomic E-state index is -0.150. The fourth-order valence-corrected chi connectivity index (χ4v) is 1.38. The standard InChI is InChI=1S/C11H16N2O2/c1-11(4-5-11)7-13-10(14)9-3-2-8(6-12)15-9/h2-3H,4-7,12H2,1H3,(H,13,14). The average Bonchev–Trinajstić information content (AvgIpc) is 2.81. The number of furan rings is 1. The molecule has 0 spiro atoms. The largest absolute Gasteiger partial charge is 0.455 e. The first kappa shape index (κ1) is 10.2. The third-order valence-electron chi connectivity index (χ3n) is 2.87. The van der Waals surface area contributed by atoms with Crippen LogP contribution in [0.25, 0.3) is 0 Å². The van der Waals surface area contributed by atoms with Gasteiger partial charge in [-0.15, -0.1) is 0 Å². The van der Waals surface area contributed by atoms with Crippen LogP contribution in [0.1, 0.15) is 36.1 Å². The highest BCUT2D eigenvalue weighted by Gasteiger charge is 2.37. The van der Waals surface area contributed by atoms with Crippen LogP contribution in [0.3, 0.4) is 0 Å². The van der Waals surface area contributed by atoms with Gasteiger partial charge in [0.05, 0.1) is 6.54 Å². The molecule has 0 bridgehead atoms. The van der Waals surface area contributed by atoms with Crippen molar-refractivity contribution in [1.29, 1.82) is 0 Å². The van der Waals surface area contributed by atoms with E-state index in [4.69, 9.17) is 10.2 Å². The molecule has 0 radical (unpaired) electrons. The van der Waals surface area contributed by atoms with Crippen LogP contribution in [0.5, 0.6) is 0 Å². The lowest BCUT2D eigenvalue weighted by Gasteiger charge is -2.08. The molecule has 1 aromatic rings. The number of hydrogen-bond donors (Lipinski definition) is 2. The van der Waals surface area contributed by atoms with Crippen LogP contribution in [0.4, 0.5) is 0 Å². The lowest BCUT2D eigenvalue weighted by molar-refractivity contribution is 0.0916. The highest BCUT2D eigenvalue weighted by Crippen LogP contribution is 2.44. The zero-order valence-corrected chi connectivity index (χ0v) is 8.88. The van der Waals surface area contributed by atoms with Crippen molar-refractivity contribution in [3.8, 4) is 0 Å². The van der Waals surface area contributed by atoms with Gasteiger partial charge >= 0.3 is 0 Å². The number of hydrogen-bond acceptors (Lipinski definition) is 3. The second-order valence-electron chi connectivity index (χ2n) is 4.46. The van der Waals surface area contributed by atoms with Crippen LogP contribution >= 0.6 is 0 Å².